The number of ether oxygens (including phenoxy) is 1. The lowest BCUT2D eigenvalue weighted by atomic mass is 10.0. The summed E-state index contributed by atoms with van der Waals surface area (Å²) in [6, 6.07) is 17.8. The van der Waals surface area contributed by atoms with E-state index in [1.165, 1.54) is 6.20 Å². The van der Waals surface area contributed by atoms with Gasteiger partial charge in [0.2, 0.25) is 0 Å². The van der Waals surface area contributed by atoms with Crippen LogP contribution in [0.25, 0.3) is 0 Å². The Hall–Kier alpha value is -3.26. The van der Waals surface area contributed by atoms with E-state index in [2.05, 4.69) is 5.32 Å². The molecule has 2 aromatic carbocycles. The van der Waals surface area contributed by atoms with E-state index in [-0.39, 0.29) is 11.5 Å². The van der Waals surface area contributed by atoms with Crippen LogP contribution in [0.4, 0.5) is 5.69 Å². The van der Waals surface area contributed by atoms with Gasteiger partial charge in [0.05, 0.1) is 7.11 Å². The molecule has 1 N–H and O–H groups in total. The lowest BCUT2D eigenvalue weighted by Crippen LogP contribution is -2.36. The van der Waals surface area contributed by atoms with Crippen molar-refractivity contribution in [3.63, 3.8) is 0 Å². The van der Waals surface area contributed by atoms with Crippen molar-refractivity contribution in [2.45, 2.75) is 19.3 Å². The topological polar surface area (TPSA) is 65.4 Å². The second kappa shape index (κ2) is 8.91. The zero-order chi connectivity index (χ0) is 19.1. The SMILES string of the molecule is COc1cccc(CCN/C=C(/C#N)C(=O)N2CCCc3ccccc32)c1. The maximum Gasteiger partial charge on any atom is 0.270 e. The van der Waals surface area contributed by atoms with Gasteiger partial charge >= 0.3 is 0 Å². The van der Waals surface area contributed by atoms with Gasteiger partial charge in [-0.3, -0.25) is 4.79 Å². The van der Waals surface area contributed by atoms with Gasteiger partial charge in [0, 0.05) is 25.0 Å². The number of anilines is 1. The summed E-state index contributed by atoms with van der Waals surface area (Å²) in [6.45, 7) is 1.26. The third-order valence-electron chi connectivity index (χ3n) is 4.64. The summed E-state index contributed by atoms with van der Waals surface area (Å²) >= 11 is 0. The predicted molar refractivity (Wildman–Crippen MR) is 106 cm³/mol. The monoisotopic (exact) mass is 361 g/mol. The fraction of sp³-hybridized carbons (Fsp3) is 0.273. The van der Waals surface area contributed by atoms with Crippen molar-refractivity contribution in [2.24, 2.45) is 0 Å². The molecule has 1 heterocycles. The van der Waals surface area contributed by atoms with Crippen LogP contribution < -0.4 is 15.0 Å². The van der Waals surface area contributed by atoms with Crippen LogP contribution in [0.5, 0.6) is 5.75 Å². The molecule has 0 aromatic heterocycles. The molecule has 0 aliphatic carbocycles. The molecule has 1 amide bonds. The number of hydrogen-bond acceptors (Lipinski definition) is 4. The maximum atomic E-state index is 12.8. The third-order valence-corrected chi connectivity index (χ3v) is 4.64. The van der Waals surface area contributed by atoms with Gasteiger partial charge in [-0.2, -0.15) is 5.26 Å². The van der Waals surface area contributed by atoms with Gasteiger partial charge in [-0.1, -0.05) is 30.3 Å². The summed E-state index contributed by atoms with van der Waals surface area (Å²) in [7, 11) is 1.64. The summed E-state index contributed by atoms with van der Waals surface area (Å²) in [4.78, 5) is 14.5. The highest BCUT2D eigenvalue weighted by molar-refractivity contribution is 6.08. The number of carbonyl (C=O) groups is 1. The second-order valence-electron chi connectivity index (χ2n) is 6.41. The molecule has 0 spiro atoms. The first kappa shape index (κ1) is 18.5. The molecule has 1 aliphatic rings. The van der Waals surface area contributed by atoms with Gasteiger partial charge in [-0.05, 0) is 48.6 Å². The van der Waals surface area contributed by atoms with Gasteiger partial charge in [0.1, 0.15) is 17.4 Å². The Kier molecular flexibility index (Phi) is 6.11. The number of amides is 1. The van der Waals surface area contributed by atoms with Crippen LogP contribution >= 0.6 is 0 Å². The summed E-state index contributed by atoms with van der Waals surface area (Å²) in [6.07, 6.45) is 4.17. The standard InChI is InChI=1S/C22H23N3O2/c1-27-20-9-4-6-17(14-20)11-12-24-16-19(15-23)22(26)25-13-5-8-18-7-2-3-10-21(18)25/h2-4,6-7,9-10,14,16,24H,5,8,11-13H2,1H3/b19-16-. The molecule has 5 nitrogen and oxygen atoms in total. The molecule has 0 saturated carbocycles. The van der Waals surface area contributed by atoms with E-state index in [1.807, 2.05) is 54.6 Å². The number of para-hydroxylation sites is 1. The van der Waals surface area contributed by atoms with E-state index in [0.717, 1.165) is 41.8 Å². The van der Waals surface area contributed by atoms with Gasteiger partial charge < -0.3 is 15.0 Å². The molecular formula is C22H23N3O2. The lowest BCUT2D eigenvalue weighted by molar-refractivity contribution is -0.114. The third kappa shape index (κ3) is 4.48. The fourth-order valence-electron chi connectivity index (χ4n) is 3.25. The van der Waals surface area contributed by atoms with E-state index in [1.54, 1.807) is 12.0 Å². The minimum Gasteiger partial charge on any atom is -0.497 e. The number of carbonyl (C=O) groups excluding carboxylic acids is 1. The van der Waals surface area contributed by atoms with E-state index >= 15 is 0 Å². The summed E-state index contributed by atoms with van der Waals surface area (Å²) < 4.78 is 5.22. The van der Waals surface area contributed by atoms with Crippen LogP contribution in [0.3, 0.4) is 0 Å². The van der Waals surface area contributed by atoms with Crippen LogP contribution in [0.2, 0.25) is 0 Å². The molecule has 0 radical (unpaired) electrons. The normalized spacial score (nSPS) is 13.5. The number of benzene rings is 2. The van der Waals surface area contributed by atoms with E-state index in [9.17, 15) is 10.1 Å². The molecule has 5 heteroatoms. The second-order valence-corrected chi connectivity index (χ2v) is 6.41. The van der Waals surface area contributed by atoms with Crippen molar-refractivity contribution < 1.29 is 9.53 Å². The first-order chi connectivity index (χ1) is 13.2. The van der Waals surface area contributed by atoms with Gasteiger partial charge in [-0.15, -0.1) is 0 Å². The largest absolute Gasteiger partial charge is 0.497 e. The van der Waals surface area contributed by atoms with Crippen LogP contribution in [-0.2, 0) is 17.6 Å². The zero-order valence-corrected chi connectivity index (χ0v) is 15.4. The number of nitrogens with one attached hydrogen (secondary N) is 1. The number of nitrogens with zero attached hydrogens (tertiary/aromatic N) is 2. The zero-order valence-electron chi connectivity index (χ0n) is 15.4. The molecule has 0 saturated heterocycles. The maximum absolute atomic E-state index is 12.8. The van der Waals surface area contributed by atoms with E-state index in [4.69, 9.17) is 4.74 Å². The van der Waals surface area contributed by atoms with Crippen molar-refractivity contribution in [1.29, 1.82) is 5.26 Å². The van der Waals surface area contributed by atoms with E-state index < -0.39 is 0 Å². The summed E-state index contributed by atoms with van der Waals surface area (Å²) in [5.74, 6) is 0.568. The highest BCUT2D eigenvalue weighted by Gasteiger charge is 2.24. The molecule has 27 heavy (non-hydrogen) atoms. The Bertz CT molecular complexity index is 883. The van der Waals surface area contributed by atoms with Gasteiger partial charge in [-0.25, -0.2) is 0 Å². The predicted octanol–water partition coefficient (Wildman–Crippen LogP) is 3.21. The Morgan fingerprint density at radius 2 is 2.15 bits per heavy atom. The molecule has 0 atom stereocenters. The van der Waals surface area contributed by atoms with Gasteiger partial charge in [0.25, 0.3) is 5.91 Å². The highest BCUT2D eigenvalue weighted by Crippen LogP contribution is 2.27. The van der Waals surface area contributed by atoms with Gasteiger partial charge in [0.15, 0.2) is 0 Å². The first-order valence-electron chi connectivity index (χ1n) is 9.09. The summed E-state index contributed by atoms with van der Waals surface area (Å²) in [5, 5.41) is 12.5. The number of nitriles is 1. The smallest absolute Gasteiger partial charge is 0.270 e. The van der Waals surface area contributed by atoms with Crippen molar-refractivity contribution >= 4 is 11.6 Å². The highest BCUT2D eigenvalue weighted by atomic mass is 16.5. The Labute approximate surface area is 159 Å². The Balaban J connectivity index is 1.63. The Morgan fingerprint density at radius 1 is 1.30 bits per heavy atom. The van der Waals surface area contributed by atoms with Crippen molar-refractivity contribution in [1.82, 2.24) is 5.32 Å². The number of fused-ring (bicyclic) bond motifs is 1. The molecule has 3 rings (SSSR count). The van der Waals surface area contributed by atoms with Crippen molar-refractivity contribution in [3.8, 4) is 11.8 Å². The number of hydrogen-bond donors (Lipinski definition) is 1. The first-order valence-corrected chi connectivity index (χ1v) is 9.09. The average molecular weight is 361 g/mol. The Morgan fingerprint density at radius 3 is 2.96 bits per heavy atom. The van der Waals surface area contributed by atoms with Crippen LogP contribution in [0.15, 0.2) is 60.3 Å². The van der Waals surface area contributed by atoms with Crippen LogP contribution in [-0.4, -0.2) is 26.1 Å². The van der Waals surface area contributed by atoms with Crippen LogP contribution in [0, 0.1) is 11.3 Å². The molecular weight excluding hydrogens is 338 g/mol. The average Bonchev–Trinajstić information content (AvgIpc) is 2.73. The van der Waals surface area contributed by atoms with E-state index in [0.29, 0.717) is 13.1 Å². The van der Waals surface area contributed by atoms with Crippen LogP contribution in [0.1, 0.15) is 17.5 Å². The number of methoxy groups -OCH3 is 1. The lowest BCUT2D eigenvalue weighted by Gasteiger charge is -2.29. The minimum atomic E-state index is -0.251. The molecule has 0 fully saturated rings. The quantitative estimate of drug-likeness (QED) is 0.487. The summed E-state index contributed by atoms with van der Waals surface area (Å²) in [5.41, 5.74) is 3.31. The molecule has 0 unspecified atom stereocenters. The number of rotatable bonds is 6. The minimum absolute atomic E-state index is 0.123. The molecule has 1 aliphatic heterocycles. The number of aryl methyl sites for hydroxylation is 1. The molecule has 2 aromatic rings. The van der Waals surface area contributed by atoms with Crippen molar-refractivity contribution in [2.75, 3.05) is 25.1 Å². The molecule has 0 bridgehead atoms. The van der Waals surface area contributed by atoms with Crippen molar-refractivity contribution in [3.05, 3.63) is 71.4 Å². The fourth-order valence-corrected chi connectivity index (χ4v) is 3.25. The molecule has 138 valence electrons.